The molecule has 0 aliphatic carbocycles. The number of benzene rings is 3. The average molecular weight is 432 g/mol. The third-order valence-corrected chi connectivity index (χ3v) is 5.04. The summed E-state index contributed by atoms with van der Waals surface area (Å²) < 4.78 is 19.7. The first-order chi connectivity index (χ1) is 15.3. The number of halogens is 1. The summed E-state index contributed by atoms with van der Waals surface area (Å²) in [4.78, 5) is 36.1. The van der Waals surface area contributed by atoms with E-state index in [1.165, 1.54) is 36.4 Å². The van der Waals surface area contributed by atoms with Crippen molar-refractivity contribution >= 4 is 33.9 Å². The monoisotopic (exact) mass is 432 g/mol. The lowest BCUT2D eigenvalue weighted by Gasteiger charge is -2.07. The number of nitro benzene ring substituents is 1. The molecule has 0 unspecified atom stereocenters. The van der Waals surface area contributed by atoms with Crippen LogP contribution in [0.1, 0.15) is 32.0 Å². The van der Waals surface area contributed by atoms with Gasteiger partial charge in [-0.05, 0) is 30.7 Å². The van der Waals surface area contributed by atoms with E-state index in [1.54, 1.807) is 31.2 Å². The second kappa shape index (κ2) is 8.43. The molecule has 32 heavy (non-hydrogen) atoms. The van der Waals surface area contributed by atoms with E-state index in [0.717, 1.165) is 6.07 Å². The topological polar surface area (TPSA) is 102 Å². The molecule has 4 aromatic rings. The van der Waals surface area contributed by atoms with Crippen LogP contribution in [0.5, 0.6) is 0 Å². The van der Waals surface area contributed by atoms with E-state index in [9.17, 15) is 24.1 Å². The summed E-state index contributed by atoms with van der Waals surface area (Å²) in [5, 5.41) is 14.5. The van der Waals surface area contributed by atoms with Crippen LogP contribution < -0.4 is 5.32 Å². The van der Waals surface area contributed by atoms with E-state index in [1.807, 2.05) is 0 Å². The summed E-state index contributed by atoms with van der Waals surface area (Å²) in [5.74, 6) is -1.51. The lowest BCUT2D eigenvalue weighted by molar-refractivity contribution is -0.384. The number of carbonyl (C=O) groups excluding carboxylic acids is 2. The largest absolute Gasteiger partial charge is 0.450 e. The number of carbonyl (C=O) groups is 2. The lowest BCUT2D eigenvalue weighted by atomic mass is 10.0. The molecular weight excluding hydrogens is 415 g/mol. The van der Waals surface area contributed by atoms with Gasteiger partial charge in [0.25, 0.3) is 5.69 Å². The van der Waals surface area contributed by atoms with Crippen LogP contribution in [0.3, 0.4) is 0 Å². The summed E-state index contributed by atoms with van der Waals surface area (Å²) in [5.41, 5.74) is 1.21. The third-order valence-electron chi connectivity index (χ3n) is 5.04. The standard InChI is InChI=1S/C24H17FN2O5/c1-14-9-10-16(12-19(14)25)23(29)24-22(18-7-2-3-8-21(18)32-24)26-13-20(28)15-5-4-6-17(11-15)27(30)31/h2-12,26H,13H2,1H3. The highest BCUT2D eigenvalue weighted by atomic mass is 19.1. The Labute approximate surface area is 181 Å². The minimum absolute atomic E-state index is 0.0544. The van der Waals surface area contributed by atoms with E-state index in [2.05, 4.69) is 5.32 Å². The zero-order valence-corrected chi connectivity index (χ0v) is 16.9. The van der Waals surface area contributed by atoms with Gasteiger partial charge >= 0.3 is 0 Å². The van der Waals surface area contributed by atoms with Gasteiger partial charge in [0.1, 0.15) is 11.4 Å². The van der Waals surface area contributed by atoms with Crippen molar-refractivity contribution in [1.82, 2.24) is 0 Å². The number of hydrogen-bond acceptors (Lipinski definition) is 6. The van der Waals surface area contributed by atoms with Gasteiger partial charge in [0.05, 0.1) is 17.2 Å². The second-order valence-electron chi connectivity index (χ2n) is 7.18. The highest BCUT2D eigenvalue weighted by molar-refractivity contribution is 6.15. The Morgan fingerprint density at radius 3 is 2.56 bits per heavy atom. The molecule has 8 heteroatoms. The molecule has 1 heterocycles. The maximum Gasteiger partial charge on any atom is 0.270 e. The van der Waals surface area contributed by atoms with Gasteiger partial charge in [-0.15, -0.1) is 0 Å². The molecule has 0 bridgehead atoms. The molecule has 3 aromatic carbocycles. The molecule has 7 nitrogen and oxygen atoms in total. The summed E-state index contributed by atoms with van der Waals surface area (Å²) in [6, 6.07) is 16.4. The number of hydrogen-bond donors (Lipinski definition) is 1. The smallest absolute Gasteiger partial charge is 0.270 e. The second-order valence-corrected chi connectivity index (χ2v) is 7.18. The number of furan rings is 1. The lowest BCUT2D eigenvalue weighted by Crippen LogP contribution is -2.16. The van der Waals surface area contributed by atoms with Crippen LogP contribution in [0, 0.1) is 22.9 Å². The first-order valence-corrected chi connectivity index (χ1v) is 9.69. The number of nitrogens with zero attached hydrogens (tertiary/aromatic N) is 1. The van der Waals surface area contributed by atoms with Gasteiger partial charge < -0.3 is 9.73 Å². The van der Waals surface area contributed by atoms with Crippen LogP contribution >= 0.6 is 0 Å². The zero-order chi connectivity index (χ0) is 22.8. The van der Waals surface area contributed by atoms with Gasteiger partial charge in [0.15, 0.2) is 11.5 Å². The first kappa shape index (κ1) is 20.9. The van der Waals surface area contributed by atoms with Crippen LogP contribution in [-0.4, -0.2) is 23.0 Å². The Morgan fingerprint density at radius 2 is 1.81 bits per heavy atom. The molecule has 0 aliphatic heterocycles. The molecule has 160 valence electrons. The molecule has 1 N–H and O–H groups in total. The molecule has 0 aliphatic rings. The van der Waals surface area contributed by atoms with Gasteiger partial charge in [0.2, 0.25) is 5.78 Å². The summed E-state index contributed by atoms with van der Waals surface area (Å²) >= 11 is 0. The number of rotatable bonds is 7. The van der Waals surface area contributed by atoms with Crippen molar-refractivity contribution < 1.29 is 23.3 Å². The average Bonchev–Trinajstić information content (AvgIpc) is 3.17. The number of aryl methyl sites for hydroxylation is 1. The van der Waals surface area contributed by atoms with Crippen molar-refractivity contribution in [3.05, 3.63) is 105 Å². The Morgan fingerprint density at radius 1 is 1.03 bits per heavy atom. The third kappa shape index (κ3) is 3.98. The summed E-state index contributed by atoms with van der Waals surface area (Å²) in [6.45, 7) is 1.37. The highest BCUT2D eigenvalue weighted by Gasteiger charge is 2.23. The van der Waals surface area contributed by atoms with Crippen LogP contribution in [0.2, 0.25) is 0 Å². The van der Waals surface area contributed by atoms with Gasteiger partial charge in [-0.1, -0.05) is 36.4 Å². The van der Waals surface area contributed by atoms with E-state index >= 15 is 0 Å². The molecule has 4 rings (SSSR count). The van der Waals surface area contributed by atoms with Gasteiger partial charge in [0, 0.05) is 28.6 Å². The number of Topliss-reactive ketones (excluding diaryl/α,β-unsaturated/α-hetero) is 1. The Balaban J connectivity index is 1.67. The minimum atomic E-state index is -0.578. The fourth-order valence-electron chi connectivity index (χ4n) is 3.31. The van der Waals surface area contributed by atoms with Crippen LogP contribution in [-0.2, 0) is 0 Å². The minimum Gasteiger partial charge on any atom is -0.450 e. The van der Waals surface area contributed by atoms with Gasteiger partial charge in [-0.25, -0.2) is 4.39 Å². The number of para-hydroxylation sites is 1. The predicted octanol–water partition coefficient (Wildman–Crippen LogP) is 5.31. The van der Waals surface area contributed by atoms with Crippen molar-refractivity contribution in [2.24, 2.45) is 0 Å². The van der Waals surface area contributed by atoms with E-state index < -0.39 is 22.3 Å². The maximum atomic E-state index is 14.0. The normalized spacial score (nSPS) is 10.8. The van der Waals surface area contributed by atoms with E-state index in [-0.39, 0.29) is 29.1 Å². The zero-order valence-electron chi connectivity index (χ0n) is 16.9. The van der Waals surface area contributed by atoms with Crippen LogP contribution in [0.4, 0.5) is 15.8 Å². The molecule has 1 aromatic heterocycles. The van der Waals surface area contributed by atoms with Crippen molar-refractivity contribution in [2.45, 2.75) is 6.92 Å². The fourth-order valence-corrected chi connectivity index (χ4v) is 3.31. The molecule has 0 atom stereocenters. The summed E-state index contributed by atoms with van der Waals surface area (Å²) in [7, 11) is 0. The Kier molecular flexibility index (Phi) is 5.51. The van der Waals surface area contributed by atoms with Gasteiger partial charge in [-0.2, -0.15) is 0 Å². The molecule has 0 saturated heterocycles. The predicted molar refractivity (Wildman–Crippen MR) is 117 cm³/mol. The van der Waals surface area contributed by atoms with Crippen LogP contribution in [0.25, 0.3) is 11.0 Å². The maximum absolute atomic E-state index is 14.0. The molecule has 0 spiro atoms. The quantitative estimate of drug-likeness (QED) is 0.241. The highest BCUT2D eigenvalue weighted by Crippen LogP contribution is 2.32. The molecule has 0 radical (unpaired) electrons. The van der Waals surface area contributed by atoms with Crippen molar-refractivity contribution in [3.63, 3.8) is 0 Å². The van der Waals surface area contributed by atoms with E-state index in [0.29, 0.717) is 22.2 Å². The number of non-ortho nitro benzene ring substituents is 1. The molecule has 0 amide bonds. The van der Waals surface area contributed by atoms with E-state index in [4.69, 9.17) is 4.42 Å². The van der Waals surface area contributed by atoms with Crippen molar-refractivity contribution in [2.75, 3.05) is 11.9 Å². The SMILES string of the molecule is Cc1ccc(C(=O)c2oc3ccccc3c2NCC(=O)c2cccc([N+](=O)[O-])c2)cc1F. The molecule has 0 fully saturated rings. The number of nitrogens with one attached hydrogen (secondary N) is 1. The Hall–Kier alpha value is -4.33. The molecular formula is C24H17FN2O5. The number of ketones is 2. The fraction of sp³-hybridized carbons (Fsp3) is 0.0833. The van der Waals surface area contributed by atoms with Crippen molar-refractivity contribution in [3.8, 4) is 0 Å². The first-order valence-electron chi connectivity index (χ1n) is 9.69. The van der Waals surface area contributed by atoms with Crippen LogP contribution in [0.15, 0.2) is 71.1 Å². The number of nitro groups is 1. The molecule has 0 saturated carbocycles. The number of anilines is 1. The number of fused-ring (bicyclic) bond motifs is 1. The van der Waals surface area contributed by atoms with Gasteiger partial charge in [-0.3, -0.25) is 19.7 Å². The van der Waals surface area contributed by atoms with Crippen molar-refractivity contribution in [1.29, 1.82) is 0 Å². The summed E-state index contributed by atoms with van der Waals surface area (Å²) in [6.07, 6.45) is 0. The Bertz CT molecular complexity index is 1380.